The number of carbonyl (C=O) groups is 2. The van der Waals surface area contributed by atoms with Gasteiger partial charge in [0.2, 0.25) is 5.91 Å². The van der Waals surface area contributed by atoms with Crippen LogP contribution < -0.4 is 15.4 Å². The number of aryl methyl sites for hydroxylation is 1. The first-order valence-corrected chi connectivity index (χ1v) is 9.68. The summed E-state index contributed by atoms with van der Waals surface area (Å²) in [6.45, 7) is 3.01. The number of benzene rings is 2. The Bertz CT molecular complexity index is 707. The third-order valence-corrected chi connectivity index (χ3v) is 4.46. The Labute approximate surface area is 158 Å². The van der Waals surface area contributed by atoms with Gasteiger partial charge in [-0.1, -0.05) is 42.5 Å². The predicted molar refractivity (Wildman–Crippen MR) is 105 cm³/mol. The maximum absolute atomic E-state index is 11.7. The summed E-state index contributed by atoms with van der Waals surface area (Å²) in [6, 6.07) is 17.0. The quantitative estimate of drug-likeness (QED) is 0.661. The van der Waals surface area contributed by atoms with Crippen molar-refractivity contribution in [3.8, 4) is 5.75 Å². The van der Waals surface area contributed by atoms with E-state index in [1.807, 2.05) is 61.5 Å². The standard InChI is InChI=1S/C20H24N2O3S/c1-16-6-5-9-18(14-16)25-11-13-26-12-10-19(23)22-20(24)21-15-17-7-3-2-4-8-17/h2-9,14H,10-13,15H2,1H3,(H2,21,22,23,24). The molecule has 0 aliphatic rings. The number of nitrogens with one attached hydrogen (secondary N) is 2. The van der Waals surface area contributed by atoms with Gasteiger partial charge >= 0.3 is 6.03 Å². The minimum absolute atomic E-state index is 0.275. The van der Waals surface area contributed by atoms with Crippen LogP contribution in [-0.2, 0) is 11.3 Å². The molecule has 2 rings (SSSR count). The van der Waals surface area contributed by atoms with Gasteiger partial charge in [0, 0.05) is 24.5 Å². The van der Waals surface area contributed by atoms with Crippen LogP contribution in [0.2, 0.25) is 0 Å². The fraction of sp³-hybridized carbons (Fsp3) is 0.300. The molecule has 0 spiro atoms. The molecule has 5 nitrogen and oxygen atoms in total. The number of carbonyl (C=O) groups excluding carboxylic acids is 2. The third-order valence-electron chi connectivity index (χ3n) is 3.51. The van der Waals surface area contributed by atoms with Crippen LogP contribution in [0.1, 0.15) is 17.5 Å². The van der Waals surface area contributed by atoms with E-state index in [1.165, 1.54) is 0 Å². The van der Waals surface area contributed by atoms with E-state index in [9.17, 15) is 9.59 Å². The second-order valence-electron chi connectivity index (χ2n) is 5.74. The summed E-state index contributed by atoms with van der Waals surface area (Å²) >= 11 is 1.62. The zero-order valence-corrected chi connectivity index (χ0v) is 15.7. The summed E-state index contributed by atoms with van der Waals surface area (Å²) in [5.41, 5.74) is 2.15. The van der Waals surface area contributed by atoms with E-state index in [-0.39, 0.29) is 5.91 Å². The molecule has 0 radical (unpaired) electrons. The van der Waals surface area contributed by atoms with Gasteiger partial charge < -0.3 is 10.1 Å². The Morgan fingerprint density at radius 1 is 1.04 bits per heavy atom. The number of ether oxygens (including phenoxy) is 1. The lowest BCUT2D eigenvalue weighted by Crippen LogP contribution is -2.39. The molecular formula is C20H24N2O3S. The summed E-state index contributed by atoms with van der Waals surface area (Å²) in [5, 5.41) is 5.01. The van der Waals surface area contributed by atoms with Crippen LogP contribution in [0.3, 0.4) is 0 Å². The van der Waals surface area contributed by atoms with Gasteiger partial charge in [0.15, 0.2) is 0 Å². The van der Waals surface area contributed by atoms with E-state index in [4.69, 9.17) is 4.74 Å². The molecule has 0 aromatic heterocycles. The number of urea groups is 1. The minimum atomic E-state index is -0.466. The number of thioether (sulfide) groups is 1. The average molecular weight is 372 g/mol. The second kappa shape index (κ2) is 11.2. The van der Waals surface area contributed by atoms with Crippen molar-refractivity contribution < 1.29 is 14.3 Å². The molecule has 26 heavy (non-hydrogen) atoms. The van der Waals surface area contributed by atoms with Crippen molar-refractivity contribution in [3.63, 3.8) is 0 Å². The van der Waals surface area contributed by atoms with Crippen molar-refractivity contribution in [1.82, 2.24) is 10.6 Å². The largest absolute Gasteiger partial charge is 0.493 e. The molecule has 2 aromatic rings. The lowest BCUT2D eigenvalue weighted by molar-refractivity contribution is -0.119. The molecule has 3 amide bonds. The zero-order valence-electron chi connectivity index (χ0n) is 14.9. The van der Waals surface area contributed by atoms with Crippen molar-refractivity contribution in [2.24, 2.45) is 0 Å². The second-order valence-corrected chi connectivity index (χ2v) is 6.97. The topological polar surface area (TPSA) is 67.4 Å². The molecule has 0 bridgehead atoms. The maximum atomic E-state index is 11.7. The maximum Gasteiger partial charge on any atom is 0.321 e. The van der Waals surface area contributed by atoms with Crippen LogP contribution >= 0.6 is 11.8 Å². The van der Waals surface area contributed by atoms with E-state index in [1.54, 1.807) is 11.8 Å². The fourth-order valence-corrected chi connectivity index (χ4v) is 2.94. The van der Waals surface area contributed by atoms with Gasteiger partial charge in [-0.15, -0.1) is 0 Å². The van der Waals surface area contributed by atoms with Crippen molar-refractivity contribution in [2.45, 2.75) is 19.9 Å². The van der Waals surface area contributed by atoms with Gasteiger partial charge in [-0.3, -0.25) is 10.1 Å². The molecule has 0 saturated heterocycles. The van der Waals surface area contributed by atoms with E-state index >= 15 is 0 Å². The smallest absolute Gasteiger partial charge is 0.321 e. The molecule has 0 aliphatic heterocycles. The van der Waals surface area contributed by atoms with E-state index in [0.717, 1.165) is 22.6 Å². The third kappa shape index (κ3) is 8.07. The normalized spacial score (nSPS) is 10.2. The zero-order chi connectivity index (χ0) is 18.6. The van der Waals surface area contributed by atoms with Gasteiger partial charge in [0.25, 0.3) is 0 Å². The van der Waals surface area contributed by atoms with E-state index in [2.05, 4.69) is 10.6 Å². The highest BCUT2D eigenvalue weighted by molar-refractivity contribution is 7.99. The molecule has 0 unspecified atom stereocenters. The van der Waals surface area contributed by atoms with Crippen molar-refractivity contribution in [2.75, 3.05) is 18.1 Å². The highest BCUT2D eigenvalue weighted by atomic mass is 32.2. The molecule has 2 N–H and O–H groups in total. The SMILES string of the molecule is Cc1cccc(OCCSCCC(=O)NC(=O)NCc2ccccc2)c1. The van der Waals surface area contributed by atoms with Gasteiger partial charge in [-0.2, -0.15) is 11.8 Å². The molecule has 0 saturated carbocycles. The average Bonchev–Trinajstić information content (AvgIpc) is 2.64. The Morgan fingerprint density at radius 2 is 1.85 bits per heavy atom. The molecule has 2 aromatic carbocycles. The van der Waals surface area contributed by atoms with Gasteiger partial charge in [0.05, 0.1) is 6.61 Å². The Hall–Kier alpha value is -2.47. The Kier molecular flexibility index (Phi) is 8.55. The first kappa shape index (κ1) is 19.8. The highest BCUT2D eigenvalue weighted by Gasteiger charge is 2.07. The Morgan fingerprint density at radius 3 is 2.62 bits per heavy atom. The molecular weight excluding hydrogens is 348 g/mol. The van der Waals surface area contributed by atoms with Crippen LogP contribution in [0.5, 0.6) is 5.75 Å². The van der Waals surface area contributed by atoms with Crippen LogP contribution in [-0.4, -0.2) is 30.1 Å². The number of hydrogen-bond donors (Lipinski definition) is 2. The van der Waals surface area contributed by atoms with E-state index in [0.29, 0.717) is 25.3 Å². The summed E-state index contributed by atoms with van der Waals surface area (Å²) in [5.74, 6) is 2.03. The number of rotatable bonds is 9. The first-order chi connectivity index (χ1) is 12.6. The number of amides is 3. The lowest BCUT2D eigenvalue weighted by Gasteiger charge is -2.08. The van der Waals surface area contributed by atoms with Crippen molar-refractivity contribution in [3.05, 3.63) is 65.7 Å². The molecule has 0 aliphatic carbocycles. The van der Waals surface area contributed by atoms with E-state index < -0.39 is 6.03 Å². The van der Waals surface area contributed by atoms with Crippen LogP contribution in [0.25, 0.3) is 0 Å². The molecule has 138 valence electrons. The summed E-state index contributed by atoms with van der Waals surface area (Å²) < 4.78 is 5.65. The van der Waals surface area contributed by atoms with Crippen LogP contribution in [0.4, 0.5) is 4.79 Å². The number of imide groups is 1. The highest BCUT2D eigenvalue weighted by Crippen LogP contribution is 2.13. The molecule has 0 heterocycles. The van der Waals surface area contributed by atoms with Crippen molar-refractivity contribution in [1.29, 1.82) is 0 Å². The molecule has 0 fully saturated rings. The van der Waals surface area contributed by atoms with Crippen molar-refractivity contribution >= 4 is 23.7 Å². The lowest BCUT2D eigenvalue weighted by atomic mass is 10.2. The van der Waals surface area contributed by atoms with Crippen LogP contribution in [0.15, 0.2) is 54.6 Å². The van der Waals surface area contributed by atoms with Gasteiger partial charge in [-0.25, -0.2) is 4.79 Å². The summed E-state index contributed by atoms with van der Waals surface area (Å²) in [4.78, 5) is 23.4. The fourth-order valence-electron chi connectivity index (χ4n) is 2.20. The predicted octanol–water partition coefficient (Wildman–Crippen LogP) is 3.52. The molecule has 0 atom stereocenters. The number of hydrogen-bond acceptors (Lipinski definition) is 4. The Balaban J connectivity index is 1.51. The first-order valence-electron chi connectivity index (χ1n) is 8.52. The molecule has 6 heteroatoms. The summed E-state index contributed by atoms with van der Waals surface area (Å²) in [7, 11) is 0. The minimum Gasteiger partial charge on any atom is -0.493 e. The van der Waals surface area contributed by atoms with Gasteiger partial charge in [-0.05, 0) is 30.2 Å². The van der Waals surface area contributed by atoms with Gasteiger partial charge in [0.1, 0.15) is 5.75 Å². The monoisotopic (exact) mass is 372 g/mol. The summed E-state index contributed by atoms with van der Waals surface area (Å²) in [6.07, 6.45) is 0.299. The van der Waals surface area contributed by atoms with Crippen LogP contribution in [0, 0.1) is 6.92 Å².